The van der Waals surface area contributed by atoms with Gasteiger partial charge in [0.05, 0.1) is 17.9 Å². The molecule has 2 fully saturated rings. The Hall–Kier alpha value is -0.850. The number of furan rings is 1. The summed E-state index contributed by atoms with van der Waals surface area (Å²) in [5, 5.41) is 0. The summed E-state index contributed by atoms with van der Waals surface area (Å²) in [7, 11) is 0. The van der Waals surface area contributed by atoms with Crippen LogP contribution in [0.1, 0.15) is 29.6 Å². The average molecular weight is 357 g/mol. The van der Waals surface area contributed by atoms with Gasteiger partial charge >= 0.3 is 0 Å². The van der Waals surface area contributed by atoms with E-state index in [1.165, 1.54) is 12.8 Å². The molecule has 6 heteroatoms. The Kier molecular flexibility index (Phi) is 4.98. The molecule has 21 heavy (non-hydrogen) atoms. The third-order valence-corrected chi connectivity index (χ3v) is 4.82. The fraction of sp³-hybridized carbons (Fsp3) is 0.667. The number of nitrogens with zero attached hydrogens (tertiary/aromatic N) is 2. The summed E-state index contributed by atoms with van der Waals surface area (Å²) in [5.74, 6) is 0.0505. The van der Waals surface area contributed by atoms with E-state index in [4.69, 9.17) is 9.15 Å². The van der Waals surface area contributed by atoms with E-state index < -0.39 is 0 Å². The van der Waals surface area contributed by atoms with Crippen molar-refractivity contribution < 1.29 is 13.9 Å². The zero-order valence-corrected chi connectivity index (χ0v) is 13.7. The van der Waals surface area contributed by atoms with Crippen LogP contribution in [0, 0.1) is 0 Å². The second-order valence-electron chi connectivity index (χ2n) is 5.69. The highest BCUT2D eigenvalue weighted by Gasteiger charge is 2.25. The van der Waals surface area contributed by atoms with Crippen LogP contribution >= 0.6 is 15.9 Å². The first-order chi connectivity index (χ1) is 10.2. The number of rotatable bonds is 3. The van der Waals surface area contributed by atoms with Crippen molar-refractivity contribution in [2.24, 2.45) is 0 Å². The largest absolute Gasteiger partial charge is 0.457 e. The second kappa shape index (κ2) is 6.94. The number of hydrogen-bond acceptors (Lipinski definition) is 4. The smallest absolute Gasteiger partial charge is 0.258 e. The minimum atomic E-state index is 0.0505. The lowest BCUT2D eigenvalue weighted by molar-refractivity contribution is 0.0703. The van der Waals surface area contributed by atoms with Gasteiger partial charge in [0.15, 0.2) is 4.67 Å². The fourth-order valence-corrected chi connectivity index (χ4v) is 3.46. The maximum absolute atomic E-state index is 12.5. The van der Waals surface area contributed by atoms with Crippen molar-refractivity contribution in [3.63, 3.8) is 0 Å². The molecule has 0 bridgehead atoms. The molecular weight excluding hydrogens is 336 g/mol. The third kappa shape index (κ3) is 3.67. The Bertz CT molecular complexity index is 485. The molecule has 1 aromatic heterocycles. The maximum atomic E-state index is 12.5. The van der Waals surface area contributed by atoms with E-state index in [-0.39, 0.29) is 5.91 Å². The van der Waals surface area contributed by atoms with Crippen LogP contribution in [0.4, 0.5) is 0 Å². The Morgan fingerprint density at radius 3 is 2.90 bits per heavy atom. The summed E-state index contributed by atoms with van der Waals surface area (Å²) in [5.41, 5.74) is 0.613. The molecule has 2 aliphatic heterocycles. The van der Waals surface area contributed by atoms with Crippen molar-refractivity contribution in [2.45, 2.75) is 25.4 Å². The average Bonchev–Trinajstić information content (AvgIpc) is 3.07. The number of hydrogen-bond donors (Lipinski definition) is 0. The van der Waals surface area contributed by atoms with Crippen LogP contribution in [-0.4, -0.2) is 61.1 Å². The summed E-state index contributed by atoms with van der Waals surface area (Å²) in [4.78, 5) is 16.8. The standard InChI is InChI=1S/C15H21BrN2O3/c16-14-13(4-10-21-14)15(19)18-6-2-5-17(7-8-18)11-12-3-1-9-20-12/h4,10,12H,1-3,5-9,11H2. The minimum absolute atomic E-state index is 0.0505. The van der Waals surface area contributed by atoms with Crippen LogP contribution in [0.15, 0.2) is 21.4 Å². The number of carbonyl (C=O) groups is 1. The second-order valence-corrected chi connectivity index (χ2v) is 6.41. The molecule has 0 radical (unpaired) electrons. The van der Waals surface area contributed by atoms with E-state index in [9.17, 15) is 4.79 Å². The van der Waals surface area contributed by atoms with Gasteiger partial charge in [-0.15, -0.1) is 0 Å². The van der Waals surface area contributed by atoms with Crippen LogP contribution in [-0.2, 0) is 4.74 Å². The number of amides is 1. The topological polar surface area (TPSA) is 45.9 Å². The van der Waals surface area contributed by atoms with E-state index in [1.807, 2.05) is 4.90 Å². The molecule has 0 saturated carbocycles. The van der Waals surface area contributed by atoms with Crippen molar-refractivity contribution in [1.29, 1.82) is 0 Å². The van der Waals surface area contributed by atoms with Gasteiger partial charge in [-0.2, -0.15) is 0 Å². The molecule has 1 amide bonds. The van der Waals surface area contributed by atoms with Gasteiger partial charge in [-0.25, -0.2) is 0 Å². The number of halogens is 1. The zero-order chi connectivity index (χ0) is 14.7. The van der Waals surface area contributed by atoms with Crippen molar-refractivity contribution in [1.82, 2.24) is 9.80 Å². The molecule has 2 saturated heterocycles. The molecule has 1 atom stereocenters. The highest BCUT2D eigenvalue weighted by molar-refractivity contribution is 9.10. The molecule has 116 valence electrons. The summed E-state index contributed by atoms with van der Waals surface area (Å²) < 4.78 is 11.4. The van der Waals surface area contributed by atoms with Gasteiger partial charge in [-0.3, -0.25) is 9.69 Å². The summed E-state index contributed by atoms with van der Waals surface area (Å²) in [6.45, 7) is 5.42. The van der Waals surface area contributed by atoms with E-state index in [0.717, 1.165) is 45.8 Å². The Labute approximate surface area is 133 Å². The van der Waals surface area contributed by atoms with Crippen molar-refractivity contribution in [3.05, 3.63) is 22.6 Å². The van der Waals surface area contributed by atoms with E-state index in [1.54, 1.807) is 12.3 Å². The van der Waals surface area contributed by atoms with Gasteiger partial charge in [0, 0.05) is 32.8 Å². The van der Waals surface area contributed by atoms with Crippen LogP contribution in [0.25, 0.3) is 0 Å². The lowest BCUT2D eigenvalue weighted by atomic mass is 10.2. The van der Waals surface area contributed by atoms with Gasteiger partial charge in [0.2, 0.25) is 0 Å². The molecule has 3 heterocycles. The van der Waals surface area contributed by atoms with Gasteiger partial charge in [-0.05, 0) is 47.8 Å². The first-order valence-corrected chi connectivity index (χ1v) is 8.39. The minimum Gasteiger partial charge on any atom is -0.457 e. The van der Waals surface area contributed by atoms with E-state index in [2.05, 4.69) is 20.8 Å². The van der Waals surface area contributed by atoms with E-state index in [0.29, 0.717) is 16.3 Å². The predicted molar refractivity (Wildman–Crippen MR) is 82.3 cm³/mol. The van der Waals surface area contributed by atoms with Crippen LogP contribution < -0.4 is 0 Å². The summed E-state index contributed by atoms with van der Waals surface area (Å²) in [6, 6.07) is 1.72. The molecule has 0 N–H and O–H groups in total. The van der Waals surface area contributed by atoms with Gasteiger partial charge in [-0.1, -0.05) is 0 Å². The fourth-order valence-electron chi connectivity index (χ4n) is 3.05. The number of carbonyl (C=O) groups excluding carboxylic acids is 1. The molecule has 0 spiro atoms. The lowest BCUT2D eigenvalue weighted by Gasteiger charge is -2.24. The third-order valence-electron chi connectivity index (χ3n) is 4.21. The predicted octanol–water partition coefficient (Wildman–Crippen LogP) is 2.37. The Balaban J connectivity index is 1.55. The summed E-state index contributed by atoms with van der Waals surface area (Å²) >= 11 is 3.28. The first-order valence-electron chi connectivity index (χ1n) is 7.60. The molecule has 0 aliphatic carbocycles. The quantitative estimate of drug-likeness (QED) is 0.833. The Morgan fingerprint density at radius 1 is 1.29 bits per heavy atom. The van der Waals surface area contributed by atoms with E-state index >= 15 is 0 Å². The van der Waals surface area contributed by atoms with Gasteiger partial charge in [0.25, 0.3) is 5.91 Å². The normalized spacial score (nSPS) is 24.2. The molecule has 1 aromatic rings. The van der Waals surface area contributed by atoms with Crippen LogP contribution in [0.5, 0.6) is 0 Å². The molecule has 0 aromatic carbocycles. The Morgan fingerprint density at radius 2 is 2.19 bits per heavy atom. The van der Waals surface area contributed by atoms with Crippen molar-refractivity contribution in [3.8, 4) is 0 Å². The number of ether oxygens (including phenoxy) is 1. The van der Waals surface area contributed by atoms with Gasteiger partial charge in [0.1, 0.15) is 0 Å². The zero-order valence-electron chi connectivity index (χ0n) is 12.1. The van der Waals surface area contributed by atoms with Crippen molar-refractivity contribution in [2.75, 3.05) is 39.3 Å². The molecule has 3 rings (SSSR count). The molecule has 5 nitrogen and oxygen atoms in total. The van der Waals surface area contributed by atoms with Crippen molar-refractivity contribution >= 4 is 21.8 Å². The van der Waals surface area contributed by atoms with Gasteiger partial charge < -0.3 is 14.1 Å². The molecular formula is C15H21BrN2O3. The maximum Gasteiger partial charge on any atom is 0.258 e. The highest BCUT2D eigenvalue weighted by atomic mass is 79.9. The summed E-state index contributed by atoms with van der Waals surface area (Å²) in [6.07, 6.45) is 5.28. The highest BCUT2D eigenvalue weighted by Crippen LogP contribution is 2.20. The SMILES string of the molecule is O=C(c1ccoc1Br)N1CCCN(CC2CCCO2)CC1. The first kappa shape index (κ1) is 15.1. The lowest BCUT2D eigenvalue weighted by Crippen LogP contribution is -2.37. The van der Waals surface area contributed by atoms with Crippen LogP contribution in [0.3, 0.4) is 0 Å². The molecule has 2 aliphatic rings. The van der Waals surface area contributed by atoms with Crippen LogP contribution in [0.2, 0.25) is 0 Å². The molecule has 1 unspecified atom stereocenters. The monoisotopic (exact) mass is 356 g/mol.